The molecule has 0 saturated carbocycles. The fourth-order valence-electron chi connectivity index (χ4n) is 4.61. The van der Waals surface area contributed by atoms with Crippen molar-refractivity contribution < 1.29 is 9.21 Å². The van der Waals surface area contributed by atoms with Crippen LogP contribution in [-0.2, 0) is 4.79 Å². The van der Waals surface area contributed by atoms with Crippen LogP contribution in [0, 0.1) is 19.8 Å². The molecule has 38 heavy (non-hydrogen) atoms. The van der Waals surface area contributed by atoms with E-state index in [2.05, 4.69) is 61.6 Å². The van der Waals surface area contributed by atoms with Gasteiger partial charge in [-0.3, -0.25) is 9.78 Å². The van der Waals surface area contributed by atoms with Gasteiger partial charge in [-0.2, -0.15) is 0 Å². The van der Waals surface area contributed by atoms with Gasteiger partial charge < -0.3 is 20.0 Å². The van der Waals surface area contributed by atoms with E-state index in [4.69, 9.17) is 16.6 Å². The third-order valence-corrected chi connectivity index (χ3v) is 7.65. The van der Waals surface area contributed by atoms with Gasteiger partial charge in [0.25, 0.3) is 0 Å². The van der Waals surface area contributed by atoms with E-state index in [1.54, 1.807) is 6.20 Å². The van der Waals surface area contributed by atoms with Gasteiger partial charge in [-0.25, -0.2) is 0 Å². The van der Waals surface area contributed by atoms with Crippen LogP contribution in [0.4, 0.5) is 11.4 Å². The molecule has 2 aromatic carbocycles. The Morgan fingerprint density at radius 1 is 1.11 bits per heavy atom. The van der Waals surface area contributed by atoms with Gasteiger partial charge in [0.2, 0.25) is 5.91 Å². The van der Waals surface area contributed by atoms with Crippen LogP contribution in [0.1, 0.15) is 48.5 Å². The highest BCUT2D eigenvalue weighted by atomic mass is 79.9. The summed E-state index contributed by atoms with van der Waals surface area (Å²) in [5.74, 6) is 1.42. The van der Waals surface area contributed by atoms with Crippen molar-refractivity contribution in [3.05, 3.63) is 100.0 Å². The molecule has 1 fully saturated rings. The van der Waals surface area contributed by atoms with Crippen molar-refractivity contribution in [3.63, 3.8) is 0 Å². The van der Waals surface area contributed by atoms with E-state index in [1.165, 1.54) is 5.56 Å². The first-order valence-electron chi connectivity index (χ1n) is 12.5. The predicted octanol–water partition coefficient (Wildman–Crippen LogP) is 7.49. The molecular weight excluding hydrogens is 560 g/mol. The average molecular weight is 590 g/mol. The number of carbonyl (C=O) groups excluding carboxylic acids is 1. The van der Waals surface area contributed by atoms with Crippen LogP contribution in [-0.4, -0.2) is 16.0 Å². The van der Waals surface area contributed by atoms with Crippen molar-refractivity contribution in [2.24, 2.45) is 5.92 Å². The Balaban J connectivity index is 1.56. The van der Waals surface area contributed by atoms with Crippen LogP contribution in [0.25, 0.3) is 11.3 Å². The number of nitrogens with zero attached hydrogens (tertiary/aromatic N) is 2. The second kappa shape index (κ2) is 10.7. The third kappa shape index (κ3) is 5.11. The lowest BCUT2D eigenvalue weighted by Crippen LogP contribution is -2.29. The zero-order chi connectivity index (χ0) is 27.0. The number of carbonyl (C=O) groups is 1. The highest BCUT2D eigenvalue weighted by molar-refractivity contribution is 9.10. The summed E-state index contributed by atoms with van der Waals surface area (Å²) in [6.45, 7) is 7.80. The number of anilines is 2. The lowest BCUT2D eigenvalue weighted by Gasteiger charge is -2.27. The van der Waals surface area contributed by atoms with Crippen LogP contribution in [0.15, 0.2) is 81.8 Å². The topological polar surface area (TPSA) is 70.4 Å². The molecule has 0 aliphatic carbocycles. The zero-order valence-corrected chi connectivity index (χ0v) is 24.1. The molecule has 8 heteroatoms. The standard InChI is InChI=1S/C30H29BrN4O2S/c1-17(2)29(36)33-23-11-9-20(16-19(23)4)35-28(27(34-30(35)38)24-7-5-6-14-32-24)26-13-12-25(37-26)21-10-8-18(3)15-22(21)31/h5-17,27-28H,1-4H3,(H,33,36)(H,34,38)/t27-,28+/m1/s1. The lowest BCUT2D eigenvalue weighted by molar-refractivity contribution is -0.118. The Morgan fingerprint density at radius 2 is 1.92 bits per heavy atom. The monoisotopic (exact) mass is 588 g/mol. The highest BCUT2D eigenvalue weighted by Crippen LogP contribution is 2.44. The largest absolute Gasteiger partial charge is 0.459 e. The van der Waals surface area contributed by atoms with Crippen molar-refractivity contribution in [2.75, 3.05) is 10.2 Å². The van der Waals surface area contributed by atoms with Crippen LogP contribution in [0.3, 0.4) is 0 Å². The molecular formula is C30H29BrN4O2S. The SMILES string of the molecule is Cc1ccc(-c2ccc([C@H]3[C@@H](c4ccccn4)NC(=S)N3c3ccc(NC(=O)C(C)C)c(C)c3)o2)c(Br)c1. The van der Waals surface area contributed by atoms with Gasteiger partial charge in [-0.15, -0.1) is 0 Å². The van der Waals surface area contributed by atoms with E-state index in [0.29, 0.717) is 5.11 Å². The highest BCUT2D eigenvalue weighted by Gasteiger charge is 2.42. The number of aryl methyl sites for hydroxylation is 2. The number of benzene rings is 2. The number of thiocarbonyl (C=S) groups is 1. The molecule has 0 spiro atoms. The maximum atomic E-state index is 12.3. The number of amides is 1. The van der Waals surface area contributed by atoms with Gasteiger partial charge >= 0.3 is 0 Å². The third-order valence-electron chi connectivity index (χ3n) is 6.68. The number of hydrogen-bond donors (Lipinski definition) is 2. The van der Waals surface area contributed by atoms with E-state index < -0.39 is 0 Å². The molecule has 1 saturated heterocycles. The maximum Gasteiger partial charge on any atom is 0.226 e. The first kappa shape index (κ1) is 26.1. The lowest BCUT2D eigenvalue weighted by atomic mass is 10.0. The second-order valence-electron chi connectivity index (χ2n) is 9.83. The molecule has 6 nitrogen and oxygen atoms in total. The molecule has 4 aromatic rings. The number of hydrogen-bond acceptors (Lipinski definition) is 4. The molecule has 5 rings (SSSR count). The number of nitrogens with one attached hydrogen (secondary N) is 2. The van der Waals surface area contributed by atoms with Crippen LogP contribution in [0.5, 0.6) is 0 Å². The number of pyridine rings is 1. The number of rotatable bonds is 6. The molecule has 1 aliphatic heterocycles. The Labute approximate surface area is 236 Å². The second-order valence-corrected chi connectivity index (χ2v) is 11.1. The molecule has 1 amide bonds. The Bertz CT molecular complexity index is 1500. The molecule has 2 atom stereocenters. The number of aromatic nitrogens is 1. The number of halogens is 1. The molecule has 0 unspecified atom stereocenters. The zero-order valence-electron chi connectivity index (χ0n) is 21.7. The Hall–Kier alpha value is -3.49. The van der Waals surface area contributed by atoms with Gasteiger partial charge in [0.05, 0.1) is 11.7 Å². The summed E-state index contributed by atoms with van der Waals surface area (Å²) in [5, 5.41) is 7.06. The van der Waals surface area contributed by atoms with Crippen LogP contribution in [0.2, 0.25) is 0 Å². The van der Waals surface area contributed by atoms with Gasteiger partial charge in [-0.05, 0) is 91.8 Å². The Kier molecular flexibility index (Phi) is 7.36. The van der Waals surface area contributed by atoms with E-state index in [-0.39, 0.29) is 23.9 Å². The summed E-state index contributed by atoms with van der Waals surface area (Å²) < 4.78 is 7.48. The first-order valence-corrected chi connectivity index (χ1v) is 13.7. The minimum atomic E-state index is -0.272. The molecule has 3 heterocycles. The normalized spacial score (nSPS) is 17.1. The van der Waals surface area contributed by atoms with Gasteiger partial charge in [0.15, 0.2) is 5.11 Å². The summed E-state index contributed by atoms with van der Waals surface area (Å²) >= 11 is 9.54. The van der Waals surface area contributed by atoms with Crippen molar-refractivity contribution in [1.82, 2.24) is 10.3 Å². The van der Waals surface area contributed by atoms with E-state index in [1.807, 2.05) is 69.3 Å². The van der Waals surface area contributed by atoms with Crippen LogP contribution >= 0.6 is 28.1 Å². The molecule has 0 bridgehead atoms. The molecule has 2 N–H and O–H groups in total. The summed E-state index contributed by atoms with van der Waals surface area (Å²) in [6, 6.07) is 21.5. The summed E-state index contributed by atoms with van der Waals surface area (Å²) in [4.78, 5) is 19.0. The molecule has 0 radical (unpaired) electrons. The fourth-order valence-corrected chi connectivity index (χ4v) is 5.65. The summed E-state index contributed by atoms with van der Waals surface area (Å²) in [6.07, 6.45) is 1.78. The van der Waals surface area contributed by atoms with Gasteiger partial charge in [-0.1, -0.05) is 41.9 Å². The predicted molar refractivity (Wildman–Crippen MR) is 159 cm³/mol. The maximum absolute atomic E-state index is 12.3. The molecule has 2 aromatic heterocycles. The van der Waals surface area contributed by atoms with Gasteiger partial charge in [0, 0.05) is 33.5 Å². The smallest absolute Gasteiger partial charge is 0.226 e. The summed E-state index contributed by atoms with van der Waals surface area (Å²) in [5.41, 5.74) is 5.66. The van der Waals surface area contributed by atoms with Crippen LogP contribution < -0.4 is 15.5 Å². The molecule has 194 valence electrons. The van der Waals surface area contributed by atoms with Crippen molar-refractivity contribution in [1.29, 1.82) is 0 Å². The van der Waals surface area contributed by atoms with E-state index >= 15 is 0 Å². The van der Waals surface area contributed by atoms with E-state index in [9.17, 15) is 4.79 Å². The quantitative estimate of drug-likeness (QED) is 0.227. The van der Waals surface area contributed by atoms with E-state index in [0.717, 1.165) is 44.2 Å². The van der Waals surface area contributed by atoms with Crippen molar-refractivity contribution in [2.45, 2.75) is 39.8 Å². The minimum Gasteiger partial charge on any atom is -0.459 e. The molecule has 1 aliphatic rings. The van der Waals surface area contributed by atoms with Crippen molar-refractivity contribution in [3.8, 4) is 11.3 Å². The average Bonchev–Trinajstić information content (AvgIpc) is 3.50. The fraction of sp³-hybridized carbons (Fsp3) is 0.233. The summed E-state index contributed by atoms with van der Waals surface area (Å²) in [7, 11) is 0. The number of furan rings is 1. The first-order chi connectivity index (χ1) is 18.2. The van der Waals surface area contributed by atoms with Gasteiger partial charge in [0.1, 0.15) is 17.6 Å². The Morgan fingerprint density at radius 3 is 2.61 bits per heavy atom. The minimum absolute atomic E-state index is 0.0160. The van der Waals surface area contributed by atoms with Crippen molar-refractivity contribution >= 4 is 50.5 Å².